The molecule has 2 atom stereocenters. The summed E-state index contributed by atoms with van der Waals surface area (Å²) in [4.78, 5) is 19.6. The number of rotatable bonds is 4. The normalized spacial score (nSPS) is 18.4. The van der Waals surface area contributed by atoms with Crippen molar-refractivity contribution in [1.82, 2.24) is 9.88 Å². The molecule has 27 heavy (non-hydrogen) atoms. The number of carbonyl (C=O) groups excluding carboxylic acids is 1. The number of piperidine rings is 1. The van der Waals surface area contributed by atoms with Crippen molar-refractivity contribution >= 4 is 39.1 Å². The van der Waals surface area contributed by atoms with E-state index in [0.717, 1.165) is 29.9 Å². The average molecular weight is 401 g/mol. The van der Waals surface area contributed by atoms with Crippen molar-refractivity contribution in [3.63, 3.8) is 0 Å². The van der Waals surface area contributed by atoms with E-state index in [-0.39, 0.29) is 5.91 Å². The first-order valence-corrected chi connectivity index (χ1v) is 10.4. The van der Waals surface area contributed by atoms with Gasteiger partial charge < -0.3 is 9.64 Å². The summed E-state index contributed by atoms with van der Waals surface area (Å²) in [7, 11) is 0. The molecular formula is C21H21ClN2O2S. The molecule has 0 radical (unpaired) electrons. The number of thiazole rings is 1. The summed E-state index contributed by atoms with van der Waals surface area (Å²) >= 11 is 7.64. The second kappa shape index (κ2) is 7.87. The lowest BCUT2D eigenvalue weighted by atomic mass is 9.98. The smallest absolute Gasteiger partial charge is 0.263 e. The molecule has 1 saturated heterocycles. The van der Waals surface area contributed by atoms with Gasteiger partial charge in [-0.2, -0.15) is 0 Å². The zero-order chi connectivity index (χ0) is 18.8. The van der Waals surface area contributed by atoms with E-state index in [1.807, 2.05) is 23.1 Å². The van der Waals surface area contributed by atoms with Gasteiger partial charge in [0, 0.05) is 24.0 Å². The highest BCUT2D eigenvalue weighted by atomic mass is 35.5. The topological polar surface area (TPSA) is 42.4 Å². The van der Waals surface area contributed by atoms with Crippen LogP contribution in [0, 0.1) is 0 Å². The van der Waals surface area contributed by atoms with Gasteiger partial charge >= 0.3 is 0 Å². The van der Waals surface area contributed by atoms with Crippen molar-refractivity contribution in [3.05, 3.63) is 58.6 Å². The van der Waals surface area contributed by atoms with Gasteiger partial charge in [-0.1, -0.05) is 23.7 Å². The highest BCUT2D eigenvalue weighted by Crippen LogP contribution is 2.33. The summed E-state index contributed by atoms with van der Waals surface area (Å²) in [6.07, 6.45) is 1.52. The number of hydrogen-bond acceptors (Lipinski definition) is 4. The van der Waals surface area contributed by atoms with Crippen LogP contribution >= 0.6 is 22.9 Å². The van der Waals surface area contributed by atoms with Crippen LogP contribution in [0.4, 0.5) is 0 Å². The number of amides is 1. The Bertz CT molecular complexity index is 908. The zero-order valence-electron chi connectivity index (χ0n) is 15.1. The van der Waals surface area contributed by atoms with Crippen molar-refractivity contribution in [2.24, 2.45) is 0 Å². The van der Waals surface area contributed by atoms with Gasteiger partial charge in [0.05, 0.1) is 15.2 Å². The highest BCUT2D eigenvalue weighted by Gasteiger charge is 2.30. The lowest BCUT2D eigenvalue weighted by Crippen LogP contribution is -2.45. The van der Waals surface area contributed by atoms with Crippen molar-refractivity contribution in [1.29, 1.82) is 0 Å². The fourth-order valence-corrected chi connectivity index (χ4v) is 4.69. The Hall–Kier alpha value is -2.11. The number of ether oxygens (including phenoxy) is 1. The van der Waals surface area contributed by atoms with E-state index in [1.165, 1.54) is 4.70 Å². The molecule has 0 bridgehead atoms. The van der Waals surface area contributed by atoms with Gasteiger partial charge in [0.25, 0.3) is 5.91 Å². The van der Waals surface area contributed by atoms with Crippen molar-refractivity contribution < 1.29 is 9.53 Å². The molecule has 0 aliphatic carbocycles. The Balaban J connectivity index is 1.43. The molecule has 3 aromatic rings. The van der Waals surface area contributed by atoms with Crippen LogP contribution in [0.5, 0.6) is 5.75 Å². The molecule has 0 N–H and O–H groups in total. The summed E-state index contributed by atoms with van der Waals surface area (Å²) in [6.45, 7) is 3.28. The lowest BCUT2D eigenvalue weighted by Gasteiger charge is -2.33. The Kier molecular flexibility index (Phi) is 5.32. The largest absolute Gasteiger partial charge is 0.481 e. The minimum absolute atomic E-state index is 0.0239. The van der Waals surface area contributed by atoms with E-state index >= 15 is 0 Å². The van der Waals surface area contributed by atoms with Gasteiger partial charge in [-0.15, -0.1) is 11.3 Å². The van der Waals surface area contributed by atoms with E-state index in [2.05, 4.69) is 6.07 Å². The van der Waals surface area contributed by atoms with Crippen LogP contribution in [0.2, 0.25) is 5.02 Å². The average Bonchev–Trinajstić information content (AvgIpc) is 3.13. The van der Waals surface area contributed by atoms with Crippen LogP contribution in [-0.4, -0.2) is 35.0 Å². The maximum absolute atomic E-state index is 12.9. The Morgan fingerprint density at radius 2 is 2.04 bits per heavy atom. The number of para-hydroxylation sites is 1. The maximum atomic E-state index is 12.9. The molecule has 1 aliphatic heterocycles. The standard InChI is InChI=1S/C21H21ClN2O2S/c1-14(26-17-10-8-16(22)9-11-17)21(25)24-12-4-5-15(13-24)20-23-18-6-2-3-7-19(18)27-20/h2-3,6-11,14-15H,4-5,12-13H2,1H3. The van der Waals surface area contributed by atoms with Crippen LogP contribution in [0.1, 0.15) is 30.7 Å². The molecule has 1 aliphatic rings. The first kappa shape index (κ1) is 18.3. The van der Waals surface area contributed by atoms with Gasteiger partial charge in [0.15, 0.2) is 6.10 Å². The molecule has 1 fully saturated rings. The van der Waals surface area contributed by atoms with E-state index in [4.69, 9.17) is 21.3 Å². The second-order valence-electron chi connectivity index (χ2n) is 6.86. The third kappa shape index (κ3) is 4.09. The minimum Gasteiger partial charge on any atom is -0.481 e. The van der Waals surface area contributed by atoms with E-state index in [9.17, 15) is 4.79 Å². The van der Waals surface area contributed by atoms with Crippen LogP contribution in [-0.2, 0) is 4.79 Å². The number of aromatic nitrogens is 1. The fraction of sp³-hybridized carbons (Fsp3) is 0.333. The third-order valence-electron chi connectivity index (χ3n) is 4.87. The third-order valence-corrected chi connectivity index (χ3v) is 6.32. The highest BCUT2D eigenvalue weighted by molar-refractivity contribution is 7.18. The molecular weight excluding hydrogens is 380 g/mol. The monoisotopic (exact) mass is 400 g/mol. The second-order valence-corrected chi connectivity index (χ2v) is 8.36. The molecule has 2 unspecified atom stereocenters. The molecule has 0 spiro atoms. The first-order valence-electron chi connectivity index (χ1n) is 9.16. The summed E-state index contributed by atoms with van der Waals surface area (Å²) in [5.74, 6) is 0.971. The van der Waals surface area contributed by atoms with Crippen LogP contribution < -0.4 is 4.74 Å². The maximum Gasteiger partial charge on any atom is 0.263 e. The van der Waals surface area contributed by atoms with Crippen LogP contribution in [0.25, 0.3) is 10.2 Å². The molecule has 1 amide bonds. The first-order chi connectivity index (χ1) is 13.1. The molecule has 2 aromatic carbocycles. The predicted molar refractivity (Wildman–Crippen MR) is 110 cm³/mol. The number of carbonyl (C=O) groups is 1. The molecule has 0 saturated carbocycles. The van der Waals surface area contributed by atoms with E-state index in [0.29, 0.717) is 23.2 Å². The van der Waals surface area contributed by atoms with Gasteiger partial charge in [-0.3, -0.25) is 4.79 Å². The zero-order valence-corrected chi connectivity index (χ0v) is 16.7. The number of fused-ring (bicyclic) bond motifs is 1. The summed E-state index contributed by atoms with van der Waals surface area (Å²) in [6, 6.07) is 15.3. The van der Waals surface area contributed by atoms with E-state index in [1.54, 1.807) is 42.5 Å². The number of hydrogen-bond donors (Lipinski definition) is 0. The van der Waals surface area contributed by atoms with Crippen LogP contribution in [0.3, 0.4) is 0 Å². The van der Waals surface area contributed by atoms with Gasteiger partial charge in [-0.05, 0) is 56.2 Å². The predicted octanol–water partition coefficient (Wildman–Crippen LogP) is 5.12. The molecule has 4 rings (SSSR count). The van der Waals surface area contributed by atoms with Crippen molar-refractivity contribution in [2.45, 2.75) is 31.8 Å². The van der Waals surface area contributed by atoms with Crippen molar-refractivity contribution in [2.75, 3.05) is 13.1 Å². The Morgan fingerprint density at radius 1 is 1.26 bits per heavy atom. The molecule has 1 aromatic heterocycles. The number of likely N-dealkylation sites (tertiary alicyclic amines) is 1. The minimum atomic E-state index is -0.528. The van der Waals surface area contributed by atoms with Gasteiger partial charge in [0.2, 0.25) is 0 Å². The quantitative estimate of drug-likeness (QED) is 0.610. The summed E-state index contributed by atoms with van der Waals surface area (Å²) in [5.41, 5.74) is 1.04. The van der Waals surface area contributed by atoms with Gasteiger partial charge in [0.1, 0.15) is 5.75 Å². The molecule has 4 nitrogen and oxygen atoms in total. The Labute approximate surface area is 167 Å². The summed E-state index contributed by atoms with van der Waals surface area (Å²) < 4.78 is 7.01. The number of nitrogens with zero attached hydrogens (tertiary/aromatic N) is 2. The fourth-order valence-electron chi connectivity index (χ4n) is 3.47. The summed E-state index contributed by atoms with van der Waals surface area (Å²) in [5, 5.41) is 1.77. The lowest BCUT2D eigenvalue weighted by molar-refractivity contribution is -0.139. The number of benzene rings is 2. The number of halogens is 1. The molecule has 140 valence electrons. The molecule has 2 heterocycles. The van der Waals surface area contributed by atoms with Gasteiger partial charge in [-0.25, -0.2) is 4.98 Å². The SMILES string of the molecule is CC(Oc1ccc(Cl)cc1)C(=O)N1CCCC(c2nc3ccccc3s2)C1. The molecule has 6 heteroatoms. The van der Waals surface area contributed by atoms with Crippen molar-refractivity contribution in [3.8, 4) is 5.75 Å². The Morgan fingerprint density at radius 3 is 2.81 bits per heavy atom. The van der Waals surface area contributed by atoms with Crippen LogP contribution in [0.15, 0.2) is 48.5 Å². The van der Waals surface area contributed by atoms with E-state index < -0.39 is 6.10 Å².